The zero-order valence-electron chi connectivity index (χ0n) is 11.8. The third kappa shape index (κ3) is 4.46. The molecule has 1 heterocycles. The molecule has 0 atom stereocenters. The molecule has 1 aromatic carbocycles. The molecule has 0 unspecified atom stereocenters. The minimum Gasteiger partial charge on any atom is -0.356 e. The van der Waals surface area contributed by atoms with Gasteiger partial charge in [-0.2, -0.15) is 0 Å². The SMILES string of the molecule is CCCCCNC(=O)Cc1csc(-c2ccccc2)n1. The van der Waals surface area contributed by atoms with Crippen LogP contribution in [0.4, 0.5) is 0 Å². The zero-order chi connectivity index (χ0) is 14.2. The number of nitrogens with zero attached hydrogens (tertiary/aromatic N) is 1. The fraction of sp³-hybridized carbons (Fsp3) is 0.375. The summed E-state index contributed by atoms with van der Waals surface area (Å²) in [6.07, 6.45) is 3.75. The number of hydrogen-bond donors (Lipinski definition) is 1. The van der Waals surface area contributed by atoms with Crippen molar-refractivity contribution in [3.8, 4) is 10.6 Å². The number of thiazole rings is 1. The largest absolute Gasteiger partial charge is 0.356 e. The molecule has 0 saturated carbocycles. The van der Waals surface area contributed by atoms with Crippen molar-refractivity contribution in [1.82, 2.24) is 10.3 Å². The van der Waals surface area contributed by atoms with Crippen molar-refractivity contribution < 1.29 is 4.79 Å². The Labute approximate surface area is 124 Å². The molecule has 0 radical (unpaired) electrons. The van der Waals surface area contributed by atoms with Crippen molar-refractivity contribution >= 4 is 17.2 Å². The molecular formula is C16H20N2OS. The predicted octanol–water partition coefficient (Wildman–Crippen LogP) is 3.66. The Morgan fingerprint density at radius 1 is 1.25 bits per heavy atom. The summed E-state index contributed by atoms with van der Waals surface area (Å²) in [6.45, 7) is 2.92. The quantitative estimate of drug-likeness (QED) is 0.790. The molecule has 1 aromatic heterocycles. The third-order valence-corrected chi connectivity index (χ3v) is 3.96. The van der Waals surface area contributed by atoms with Crippen LogP contribution in [-0.2, 0) is 11.2 Å². The van der Waals surface area contributed by atoms with Crippen molar-refractivity contribution in [1.29, 1.82) is 0 Å². The van der Waals surface area contributed by atoms with E-state index in [4.69, 9.17) is 0 Å². The molecular weight excluding hydrogens is 268 g/mol. The lowest BCUT2D eigenvalue weighted by molar-refractivity contribution is -0.120. The van der Waals surface area contributed by atoms with Gasteiger partial charge in [0.25, 0.3) is 0 Å². The first-order valence-corrected chi connectivity index (χ1v) is 7.94. The van der Waals surface area contributed by atoms with Crippen LogP contribution in [0.25, 0.3) is 10.6 Å². The maximum atomic E-state index is 11.8. The number of nitrogens with one attached hydrogen (secondary N) is 1. The fourth-order valence-corrected chi connectivity index (χ4v) is 2.76. The van der Waals surface area contributed by atoms with Gasteiger partial charge in [0.2, 0.25) is 5.91 Å². The van der Waals surface area contributed by atoms with Crippen LogP contribution in [0.3, 0.4) is 0 Å². The molecule has 0 bridgehead atoms. The third-order valence-electron chi connectivity index (χ3n) is 3.02. The Morgan fingerprint density at radius 2 is 2.05 bits per heavy atom. The van der Waals surface area contributed by atoms with Crippen LogP contribution < -0.4 is 5.32 Å². The lowest BCUT2D eigenvalue weighted by Gasteiger charge is -2.02. The van der Waals surface area contributed by atoms with Crippen LogP contribution in [0.15, 0.2) is 35.7 Å². The fourth-order valence-electron chi connectivity index (χ4n) is 1.93. The number of unbranched alkanes of at least 4 members (excludes halogenated alkanes) is 2. The van der Waals surface area contributed by atoms with Crippen LogP contribution in [0.2, 0.25) is 0 Å². The van der Waals surface area contributed by atoms with Gasteiger partial charge in [0.1, 0.15) is 5.01 Å². The van der Waals surface area contributed by atoms with Gasteiger partial charge >= 0.3 is 0 Å². The van der Waals surface area contributed by atoms with Crippen molar-refractivity contribution in [3.63, 3.8) is 0 Å². The number of carbonyl (C=O) groups excluding carboxylic acids is 1. The van der Waals surface area contributed by atoms with Gasteiger partial charge in [-0.3, -0.25) is 4.79 Å². The predicted molar refractivity (Wildman–Crippen MR) is 83.8 cm³/mol. The highest BCUT2D eigenvalue weighted by Crippen LogP contribution is 2.23. The van der Waals surface area contributed by atoms with E-state index in [1.165, 1.54) is 6.42 Å². The van der Waals surface area contributed by atoms with Gasteiger partial charge in [-0.15, -0.1) is 11.3 Å². The van der Waals surface area contributed by atoms with E-state index in [0.29, 0.717) is 6.42 Å². The molecule has 0 aliphatic rings. The second kappa shape index (κ2) is 7.80. The number of amides is 1. The average Bonchev–Trinajstić information content (AvgIpc) is 2.93. The zero-order valence-corrected chi connectivity index (χ0v) is 12.6. The lowest BCUT2D eigenvalue weighted by Crippen LogP contribution is -2.26. The van der Waals surface area contributed by atoms with Crippen LogP contribution in [0.1, 0.15) is 31.9 Å². The van der Waals surface area contributed by atoms with E-state index in [9.17, 15) is 4.79 Å². The maximum Gasteiger partial charge on any atom is 0.226 e. The number of hydrogen-bond acceptors (Lipinski definition) is 3. The van der Waals surface area contributed by atoms with E-state index < -0.39 is 0 Å². The van der Waals surface area contributed by atoms with Gasteiger partial charge in [0.15, 0.2) is 0 Å². The van der Waals surface area contributed by atoms with Gasteiger partial charge in [-0.1, -0.05) is 50.1 Å². The van der Waals surface area contributed by atoms with Gasteiger partial charge in [0, 0.05) is 17.5 Å². The summed E-state index contributed by atoms with van der Waals surface area (Å²) >= 11 is 1.59. The summed E-state index contributed by atoms with van der Waals surface area (Å²) < 4.78 is 0. The molecule has 0 fully saturated rings. The van der Waals surface area contributed by atoms with Gasteiger partial charge in [0.05, 0.1) is 12.1 Å². The second-order valence-corrected chi connectivity index (χ2v) is 5.60. The van der Waals surface area contributed by atoms with Crippen molar-refractivity contribution in [2.24, 2.45) is 0 Å². The Balaban J connectivity index is 1.85. The first-order chi connectivity index (χ1) is 9.79. The van der Waals surface area contributed by atoms with E-state index >= 15 is 0 Å². The van der Waals surface area contributed by atoms with E-state index in [2.05, 4.69) is 17.2 Å². The Hall–Kier alpha value is -1.68. The molecule has 20 heavy (non-hydrogen) atoms. The molecule has 4 heteroatoms. The second-order valence-electron chi connectivity index (χ2n) is 4.74. The van der Waals surface area contributed by atoms with Crippen LogP contribution in [0.5, 0.6) is 0 Å². The summed E-state index contributed by atoms with van der Waals surface area (Å²) in [5.74, 6) is 0.0611. The molecule has 0 aliphatic carbocycles. The van der Waals surface area contributed by atoms with Crippen LogP contribution >= 0.6 is 11.3 Å². The van der Waals surface area contributed by atoms with E-state index in [1.807, 2.05) is 35.7 Å². The number of aromatic nitrogens is 1. The highest BCUT2D eigenvalue weighted by molar-refractivity contribution is 7.13. The molecule has 0 aliphatic heterocycles. The highest BCUT2D eigenvalue weighted by atomic mass is 32.1. The summed E-state index contributed by atoms with van der Waals surface area (Å²) in [5.41, 5.74) is 1.95. The smallest absolute Gasteiger partial charge is 0.226 e. The number of benzene rings is 1. The Kier molecular flexibility index (Phi) is 5.74. The van der Waals surface area contributed by atoms with Crippen molar-refractivity contribution in [2.45, 2.75) is 32.6 Å². The van der Waals surface area contributed by atoms with Gasteiger partial charge in [-0.25, -0.2) is 4.98 Å². The molecule has 2 rings (SSSR count). The molecule has 1 N–H and O–H groups in total. The summed E-state index contributed by atoms with van der Waals surface area (Å²) in [6, 6.07) is 10.1. The van der Waals surface area contributed by atoms with Gasteiger partial charge in [-0.05, 0) is 6.42 Å². The van der Waals surface area contributed by atoms with Crippen LogP contribution in [-0.4, -0.2) is 17.4 Å². The van der Waals surface area contributed by atoms with Gasteiger partial charge < -0.3 is 5.32 Å². The normalized spacial score (nSPS) is 10.4. The lowest BCUT2D eigenvalue weighted by atomic mass is 10.2. The monoisotopic (exact) mass is 288 g/mol. The number of rotatable bonds is 7. The minimum atomic E-state index is 0.0611. The molecule has 1 amide bonds. The van der Waals surface area contributed by atoms with E-state index in [0.717, 1.165) is 35.7 Å². The molecule has 0 saturated heterocycles. The Bertz CT molecular complexity index is 536. The van der Waals surface area contributed by atoms with Crippen molar-refractivity contribution in [2.75, 3.05) is 6.54 Å². The Morgan fingerprint density at radius 3 is 2.80 bits per heavy atom. The summed E-state index contributed by atoms with van der Waals surface area (Å²) in [4.78, 5) is 16.3. The van der Waals surface area contributed by atoms with E-state index in [1.54, 1.807) is 11.3 Å². The topological polar surface area (TPSA) is 42.0 Å². The maximum absolute atomic E-state index is 11.8. The average molecular weight is 288 g/mol. The van der Waals surface area contributed by atoms with Crippen LogP contribution in [0, 0.1) is 0 Å². The molecule has 2 aromatic rings. The standard InChI is InChI=1S/C16H20N2OS/c1-2-3-7-10-17-15(19)11-14-12-20-16(18-14)13-8-5-4-6-9-13/h4-6,8-9,12H,2-3,7,10-11H2,1H3,(H,17,19). The van der Waals surface area contributed by atoms with E-state index in [-0.39, 0.29) is 5.91 Å². The minimum absolute atomic E-state index is 0.0611. The highest BCUT2D eigenvalue weighted by Gasteiger charge is 2.08. The molecule has 0 spiro atoms. The summed E-state index contributed by atoms with van der Waals surface area (Å²) in [5, 5.41) is 5.88. The molecule has 106 valence electrons. The summed E-state index contributed by atoms with van der Waals surface area (Å²) in [7, 11) is 0. The van der Waals surface area contributed by atoms with Crippen molar-refractivity contribution in [3.05, 3.63) is 41.4 Å². The first kappa shape index (κ1) is 14.7. The first-order valence-electron chi connectivity index (χ1n) is 7.06. The molecule has 3 nitrogen and oxygen atoms in total. The number of carbonyl (C=O) groups is 1.